The van der Waals surface area contributed by atoms with Gasteiger partial charge < -0.3 is 19.7 Å². The quantitative estimate of drug-likeness (QED) is 0.471. The Bertz CT molecular complexity index is 1140. The molecular formula is C24H26N4O3S2. The Morgan fingerprint density at radius 2 is 2.03 bits per heavy atom. The molecule has 7 nitrogen and oxygen atoms in total. The van der Waals surface area contributed by atoms with Gasteiger partial charge in [0.2, 0.25) is 11.0 Å². The number of hydrogen-bond acceptors (Lipinski definition) is 8. The van der Waals surface area contributed by atoms with Crippen molar-refractivity contribution in [3.8, 4) is 11.5 Å². The summed E-state index contributed by atoms with van der Waals surface area (Å²) >= 11 is 2.92. The van der Waals surface area contributed by atoms with Crippen molar-refractivity contribution >= 4 is 39.8 Å². The van der Waals surface area contributed by atoms with Crippen LogP contribution < -0.4 is 14.8 Å². The van der Waals surface area contributed by atoms with E-state index in [4.69, 9.17) is 9.47 Å². The molecule has 9 heteroatoms. The van der Waals surface area contributed by atoms with Gasteiger partial charge in [0.25, 0.3) is 0 Å². The number of rotatable bonds is 7. The molecule has 2 aliphatic rings. The molecule has 3 aromatic rings. The average molecular weight is 483 g/mol. The molecule has 5 rings (SSSR count). The van der Waals surface area contributed by atoms with Gasteiger partial charge in [-0.15, -0.1) is 10.2 Å². The molecule has 1 saturated heterocycles. The Balaban J connectivity index is 1.20. The van der Waals surface area contributed by atoms with Crippen LogP contribution in [0.25, 0.3) is 0 Å². The van der Waals surface area contributed by atoms with Gasteiger partial charge in [-0.3, -0.25) is 4.79 Å². The monoisotopic (exact) mass is 482 g/mol. The predicted molar refractivity (Wildman–Crippen MR) is 131 cm³/mol. The van der Waals surface area contributed by atoms with Crippen LogP contribution in [-0.2, 0) is 11.2 Å². The van der Waals surface area contributed by atoms with Crippen LogP contribution in [0.4, 0.5) is 10.8 Å². The molecule has 33 heavy (non-hydrogen) atoms. The van der Waals surface area contributed by atoms with Crippen molar-refractivity contribution in [3.05, 3.63) is 53.6 Å². The molecule has 0 radical (unpaired) electrons. The van der Waals surface area contributed by atoms with Crippen molar-refractivity contribution in [2.24, 2.45) is 0 Å². The standard InChI is InChI=1S/C24H26N4O3S2/c1-2-16-6-3-4-7-18(16)25-23-26-27-24(33-23)32-15-22(29)28-11-5-8-19(28)17-9-10-20-21(14-17)31-13-12-30-20/h3-4,6-7,9-10,14,19H,2,5,8,11-13,15H2,1H3,(H,25,26). The number of amides is 1. The molecular weight excluding hydrogens is 456 g/mol. The van der Waals surface area contributed by atoms with Crippen LogP contribution in [0.5, 0.6) is 11.5 Å². The highest BCUT2D eigenvalue weighted by Gasteiger charge is 2.31. The zero-order chi connectivity index (χ0) is 22.6. The van der Waals surface area contributed by atoms with Gasteiger partial charge in [-0.2, -0.15) is 0 Å². The molecule has 0 spiro atoms. The van der Waals surface area contributed by atoms with Gasteiger partial charge in [0.1, 0.15) is 13.2 Å². The van der Waals surface area contributed by atoms with E-state index in [0.717, 1.165) is 58.0 Å². The molecule has 1 aromatic heterocycles. The number of fused-ring (bicyclic) bond motifs is 1. The number of benzene rings is 2. The largest absolute Gasteiger partial charge is 0.486 e. The lowest BCUT2D eigenvalue weighted by Crippen LogP contribution is -2.32. The maximum Gasteiger partial charge on any atom is 0.233 e. The number of nitrogens with one attached hydrogen (secondary N) is 1. The average Bonchev–Trinajstić information content (AvgIpc) is 3.52. The number of aromatic nitrogens is 2. The second kappa shape index (κ2) is 10.0. The van der Waals surface area contributed by atoms with Crippen LogP contribution in [0, 0.1) is 0 Å². The number of nitrogens with zero attached hydrogens (tertiary/aromatic N) is 3. The molecule has 1 N–H and O–H groups in total. The Hall–Kier alpha value is -2.78. The Morgan fingerprint density at radius 3 is 2.91 bits per heavy atom. The predicted octanol–water partition coefficient (Wildman–Crippen LogP) is 5.07. The number of carbonyl (C=O) groups excluding carboxylic acids is 1. The number of anilines is 2. The fourth-order valence-corrected chi connectivity index (χ4v) is 5.92. The van der Waals surface area contributed by atoms with Crippen LogP contribution in [0.3, 0.4) is 0 Å². The van der Waals surface area contributed by atoms with E-state index >= 15 is 0 Å². The highest BCUT2D eigenvalue weighted by molar-refractivity contribution is 8.01. The minimum atomic E-state index is 0.0751. The Kier molecular flexibility index (Phi) is 6.68. The minimum Gasteiger partial charge on any atom is -0.486 e. The molecule has 0 bridgehead atoms. The Morgan fingerprint density at radius 1 is 1.18 bits per heavy atom. The smallest absolute Gasteiger partial charge is 0.233 e. The second-order valence-corrected chi connectivity index (χ2v) is 10.1. The zero-order valence-electron chi connectivity index (χ0n) is 18.5. The van der Waals surface area contributed by atoms with Crippen molar-refractivity contribution in [2.45, 2.75) is 36.6 Å². The van der Waals surface area contributed by atoms with Crippen LogP contribution in [0.15, 0.2) is 46.8 Å². The van der Waals surface area contributed by atoms with Crippen molar-refractivity contribution in [3.63, 3.8) is 0 Å². The first-order chi connectivity index (χ1) is 16.2. The first kappa shape index (κ1) is 22.0. The van der Waals surface area contributed by atoms with Crippen molar-refractivity contribution in [1.82, 2.24) is 15.1 Å². The third kappa shape index (κ3) is 4.94. The van der Waals surface area contributed by atoms with Crippen LogP contribution in [-0.4, -0.2) is 46.5 Å². The summed E-state index contributed by atoms with van der Waals surface area (Å²) in [5, 5.41) is 12.6. The molecule has 2 aliphatic heterocycles. The summed E-state index contributed by atoms with van der Waals surface area (Å²) in [4.78, 5) is 15.0. The molecule has 3 heterocycles. The van der Waals surface area contributed by atoms with E-state index in [1.54, 1.807) is 0 Å². The minimum absolute atomic E-state index is 0.0751. The van der Waals surface area contributed by atoms with Crippen molar-refractivity contribution < 1.29 is 14.3 Å². The molecule has 0 saturated carbocycles. The Labute approximate surface area is 201 Å². The SMILES string of the molecule is CCc1ccccc1Nc1nnc(SCC(=O)N2CCCC2c2ccc3c(c2)OCCO3)s1. The van der Waals surface area contributed by atoms with Gasteiger partial charge in [0, 0.05) is 12.2 Å². The third-order valence-corrected chi connectivity index (χ3v) is 7.85. The molecule has 1 atom stereocenters. The normalized spacial score (nSPS) is 17.2. The van der Waals surface area contributed by atoms with Gasteiger partial charge in [0.05, 0.1) is 11.8 Å². The summed E-state index contributed by atoms with van der Waals surface area (Å²) in [6.45, 7) is 4.04. The first-order valence-corrected chi connectivity index (χ1v) is 13.0. The highest BCUT2D eigenvalue weighted by atomic mass is 32.2. The van der Waals surface area contributed by atoms with Gasteiger partial charge >= 0.3 is 0 Å². The van der Waals surface area contributed by atoms with E-state index in [-0.39, 0.29) is 11.9 Å². The van der Waals surface area contributed by atoms with Crippen LogP contribution in [0.1, 0.15) is 36.9 Å². The number of ether oxygens (including phenoxy) is 2. The summed E-state index contributed by atoms with van der Waals surface area (Å²) in [6.07, 6.45) is 2.90. The zero-order valence-corrected chi connectivity index (χ0v) is 20.1. The van der Waals surface area contributed by atoms with Gasteiger partial charge in [-0.1, -0.05) is 54.3 Å². The molecule has 1 unspecified atom stereocenters. The van der Waals surface area contributed by atoms with E-state index in [9.17, 15) is 4.79 Å². The summed E-state index contributed by atoms with van der Waals surface area (Å²) in [5.41, 5.74) is 3.38. The third-order valence-electron chi connectivity index (χ3n) is 5.89. The number of likely N-dealkylation sites (tertiary alicyclic amines) is 1. The lowest BCUT2D eigenvalue weighted by atomic mass is 10.0. The number of para-hydroxylation sites is 1. The van der Waals surface area contributed by atoms with E-state index < -0.39 is 0 Å². The molecule has 1 fully saturated rings. The second-order valence-electron chi connectivity index (χ2n) is 7.95. The maximum absolute atomic E-state index is 13.1. The van der Waals surface area contributed by atoms with Crippen LogP contribution in [0.2, 0.25) is 0 Å². The molecule has 1 amide bonds. The summed E-state index contributed by atoms with van der Waals surface area (Å²) in [6, 6.07) is 14.3. The summed E-state index contributed by atoms with van der Waals surface area (Å²) in [5.74, 6) is 2.02. The molecule has 172 valence electrons. The van der Waals surface area contributed by atoms with Gasteiger partial charge in [0.15, 0.2) is 15.8 Å². The summed E-state index contributed by atoms with van der Waals surface area (Å²) < 4.78 is 12.1. The molecule has 0 aliphatic carbocycles. The van der Waals surface area contributed by atoms with Gasteiger partial charge in [-0.05, 0) is 48.6 Å². The lowest BCUT2D eigenvalue weighted by molar-refractivity contribution is -0.129. The maximum atomic E-state index is 13.1. The highest BCUT2D eigenvalue weighted by Crippen LogP contribution is 2.38. The first-order valence-electron chi connectivity index (χ1n) is 11.2. The van der Waals surface area contributed by atoms with E-state index in [0.29, 0.717) is 19.0 Å². The van der Waals surface area contributed by atoms with Crippen LogP contribution >= 0.6 is 23.1 Å². The van der Waals surface area contributed by atoms with Crippen molar-refractivity contribution in [2.75, 3.05) is 30.8 Å². The van der Waals surface area contributed by atoms with E-state index in [1.165, 1.54) is 28.7 Å². The van der Waals surface area contributed by atoms with Crippen molar-refractivity contribution in [1.29, 1.82) is 0 Å². The van der Waals surface area contributed by atoms with E-state index in [2.05, 4.69) is 28.5 Å². The number of hydrogen-bond donors (Lipinski definition) is 1. The van der Waals surface area contributed by atoms with Gasteiger partial charge in [-0.25, -0.2) is 0 Å². The fourth-order valence-electron chi connectivity index (χ4n) is 4.27. The number of thioether (sulfide) groups is 1. The number of aryl methyl sites for hydroxylation is 1. The number of carbonyl (C=O) groups is 1. The summed E-state index contributed by atoms with van der Waals surface area (Å²) in [7, 11) is 0. The lowest BCUT2D eigenvalue weighted by Gasteiger charge is -2.26. The fraction of sp³-hybridized carbons (Fsp3) is 0.375. The molecule has 2 aromatic carbocycles. The topological polar surface area (TPSA) is 76.6 Å². The van der Waals surface area contributed by atoms with E-state index in [1.807, 2.05) is 41.3 Å².